The average Bonchev–Trinajstić information content (AvgIpc) is 2.94. The first-order valence-electron chi connectivity index (χ1n) is 7.49. The molecule has 0 bridgehead atoms. The van der Waals surface area contributed by atoms with Crippen molar-refractivity contribution in [2.75, 3.05) is 5.73 Å². The van der Waals surface area contributed by atoms with E-state index in [1.165, 1.54) is 16.8 Å². The molecule has 7 nitrogen and oxygen atoms in total. The number of fused-ring (bicyclic) bond motifs is 1. The molecule has 0 atom stereocenters. The van der Waals surface area contributed by atoms with E-state index in [0.29, 0.717) is 0 Å². The van der Waals surface area contributed by atoms with Crippen LogP contribution in [0.5, 0.6) is 0 Å². The van der Waals surface area contributed by atoms with Gasteiger partial charge in [-0.1, -0.05) is 37.3 Å². The van der Waals surface area contributed by atoms with Crippen LogP contribution in [0.4, 0.5) is 5.82 Å². The number of aromatic nitrogens is 3. The topological polar surface area (TPSA) is 99.6 Å². The zero-order valence-electron chi connectivity index (χ0n) is 13.1. The molecule has 24 heavy (non-hydrogen) atoms. The van der Waals surface area contributed by atoms with E-state index in [2.05, 4.69) is 10.1 Å². The van der Waals surface area contributed by atoms with Gasteiger partial charge in [-0.05, 0) is 11.6 Å². The number of nitrogens with zero attached hydrogens (tertiary/aromatic N) is 3. The van der Waals surface area contributed by atoms with Crippen molar-refractivity contribution in [1.82, 2.24) is 14.6 Å². The van der Waals surface area contributed by atoms with Gasteiger partial charge in [-0.15, -0.1) is 5.10 Å². The van der Waals surface area contributed by atoms with Crippen molar-refractivity contribution in [3.63, 3.8) is 0 Å². The summed E-state index contributed by atoms with van der Waals surface area (Å²) in [5.41, 5.74) is 7.25. The Morgan fingerprint density at radius 3 is 2.67 bits per heavy atom. The first-order valence-corrected chi connectivity index (χ1v) is 7.49. The summed E-state index contributed by atoms with van der Waals surface area (Å²) in [6.45, 7) is 1.87. The maximum Gasteiger partial charge on any atom is 0.357 e. The fraction of sp³-hybridized carbons (Fsp3) is 0.176. The van der Waals surface area contributed by atoms with E-state index < -0.39 is 5.97 Å². The molecule has 0 spiro atoms. The molecule has 0 aliphatic rings. The third-order valence-corrected chi connectivity index (χ3v) is 3.53. The standard InChI is InChI=1S/C17H16N4O3/c1-2-13(22)14-15(18)20-21-9-8-12(19-16(14)21)17(23)24-10-11-6-4-3-5-7-11/h3-9H,2,10H2,1H3,(H2,18,20). The van der Waals surface area contributed by atoms with Crippen LogP contribution in [0.3, 0.4) is 0 Å². The smallest absolute Gasteiger partial charge is 0.357 e. The van der Waals surface area contributed by atoms with E-state index in [-0.39, 0.29) is 41.5 Å². The highest BCUT2D eigenvalue weighted by Crippen LogP contribution is 2.18. The lowest BCUT2D eigenvalue weighted by atomic mass is 10.1. The van der Waals surface area contributed by atoms with Gasteiger partial charge < -0.3 is 10.5 Å². The molecule has 2 N–H and O–H groups in total. The van der Waals surface area contributed by atoms with Crippen LogP contribution in [0, 0.1) is 0 Å². The molecule has 0 fully saturated rings. The van der Waals surface area contributed by atoms with Gasteiger partial charge in [0.1, 0.15) is 12.2 Å². The number of esters is 1. The van der Waals surface area contributed by atoms with Gasteiger partial charge in [-0.25, -0.2) is 14.3 Å². The molecule has 0 aliphatic heterocycles. The molecule has 7 heteroatoms. The summed E-state index contributed by atoms with van der Waals surface area (Å²) in [5.74, 6) is -0.648. The summed E-state index contributed by atoms with van der Waals surface area (Å²) in [6, 6.07) is 10.8. The van der Waals surface area contributed by atoms with Crippen molar-refractivity contribution in [2.45, 2.75) is 20.0 Å². The van der Waals surface area contributed by atoms with Crippen LogP contribution in [0.25, 0.3) is 5.65 Å². The third kappa shape index (κ3) is 2.96. The van der Waals surface area contributed by atoms with Gasteiger partial charge in [0.25, 0.3) is 0 Å². The fourth-order valence-corrected chi connectivity index (χ4v) is 2.30. The number of Topliss-reactive ketones (excluding diaryl/α,β-unsaturated/α-hetero) is 1. The maximum absolute atomic E-state index is 12.2. The van der Waals surface area contributed by atoms with Crippen molar-refractivity contribution in [3.05, 3.63) is 59.4 Å². The van der Waals surface area contributed by atoms with E-state index in [4.69, 9.17) is 10.5 Å². The predicted molar refractivity (Wildman–Crippen MR) is 87.6 cm³/mol. The number of anilines is 1. The van der Waals surface area contributed by atoms with Crippen LogP contribution in [0.15, 0.2) is 42.6 Å². The molecule has 0 amide bonds. The zero-order chi connectivity index (χ0) is 17.1. The van der Waals surface area contributed by atoms with Crippen molar-refractivity contribution in [3.8, 4) is 0 Å². The SMILES string of the molecule is CCC(=O)c1c(N)nn2ccc(C(=O)OCc3ccccc3)nc12. The van der Waals surface area contributed by atoms with Gasteiger partial charge in [0.2, 0.25) is 0 Å². The predicted octanol–water partition coefficient (Wildman–Crippen LogP) is 2.26. The highest BCUT2D eigenvalue weighted by molar-refractivity contribution is 6.05. The molecular formula is C17H16N4O3. The molecule has 2 aromatic heterocycles. The number of rotatable bonds is 5. The lowest BCUT2D eigenvalue weighted by Crippen LogP contribution is -2.09. The van der Waals surface area contributed by atoms with Crippen molar-refractivity contribution in [1.29, 1.82) is 0 Å². The second-order valence-corrected chi connectivity index (χ2v) is 5.18. The molecule has 1 aromatic carbocycles. The summed E-state index contributed by atoms with van der Waals surface area (Å²) < 4.78 is 6.63. The number of nitrogen functional groups attached to an aromatic ring is 1. The van der Waals surface area contributed by atoms with Gasteiger partial charge in [0, 0.05) is 12.6 Å². The summed E-state index contributed by atoms with van der Waals surface area (Å²) in [5, 5.41) is 4.04. The summed E-state index contributed by atoms with van der Waals surface area (Å²) in [6.07, 6.45) is 1.81. The summed E-state index contributed by atoms with van der Waals surface area (Å²) >= 11 is 0. The Labute approximate surface area is 138 Å². The molecule has 3 rings (SSSR count). The number of hydrogen-bond acceptors (Lipinski definition) is 6. The number of ketones is 1. The van der Waals surface area contributed by atoms with E-state index in [1.54, 1.807) is 6.92 Å². The molecule has 0 unspecified atom stereocenters. The minimum absolute atomic E-state index is 0.100. The Kier molecular flexibility index (Phi) is 4.24. The Balaban J connectivity index is 1.87. The van der Waals surface area contributed by atoms with Crippen LogP contribution < -0.4 is 5.73 Å². The van der Waals surface area contributed by atoms with E-state index in [9.17, 15) is 9.59 Å². The van der Waals surface area contributed by atoms with Crippen LogP contribution >= 0.6 is 0 Å². The Morgan fingerprint density at radius 2 is 1.96 bits per heavy atom. The van der Waals surface area contributed by atoms with Gasteiger partial charge in [-0.3, -0.25) is 4.79 Å². The lowest BCUT2D eigenvalue weighted by molar-refractivity contribution is 0.0465. The van der Waals surface area contributed by atoms with Gasteiger partial charge in [-0.2, -0.15) is 0 Å². The van der Waals surface area contributed by atoms with E-state index >= 15 is 0 Å². The minimum Gasteiger partial charge on any atom is -0.456 e. The molecular weight excluding hydrogens is 308 g/mol. The zero-order valence-corrected chi connectivity index (χ0v) is 13.1. The van der Waals surface area contributed by atoms with Crippen LogP contribution in [-0.4, -0.2) is 26.4 Å². The van der Waals surface area contributed by atoms with Gasteiger partial charge in [0.15, 0.2) is 22.9 Å². The van der Waals surface area contributed by atoms with Crippen LogP contribution in [-0.2, 0) is 11.3 Å². The number of hydrogen-bond donors (Lipinski definition) is 1. The Hall–Kier alpha value is -3.22. The van der Waals surface area contributed by atoms with Crippen molar-refractivity contribution >= 4 is 23.2 Å². The summed E-state index contributed by atoms with van der Waals surface area (Å²) in [7, 11) is 0. The number of carbonyl (C=O) groups is 2. The lowest BCUT2D eigenvalue weighted by Gasteiger charge is -2.05. The number of ether oxygens (including phenoxy) is 1. The molecule has 3 aromatic rings. The monoisotopic (exact) mass is 324 g/mol. The minimum atomic E-state index is -0.573. The molecule has 0 aliphatic carbocycles. The highest BCUT2D eigenvalue weighted by atomic mass is 16.5. The molecule has 0 radical (unpaired) electrons. The Bertz CT molecular complexity index is 903. The summed E-state index contributed by atoms with van der Waals surface area (Å²) in [4.78, 5) is 28.4. The fourth-order valence-electron chi connectivity index (χ4n) is 2.30. The highest BCUT2D eigenvalue weighted by Gasteiger charge is 2.20. The molecule has 0 saturated heterocycles. The van der Waals surface area contributed by atoms with E-state index in [0.717, 1.165) is 5.56 Å². The first kappa shape index (κ1) is 15.7. The van der Waals surface area contributed by atoms with Crippen LogP contribution in [0.2, 0.25) is 0 Å². The molecule has 2 heterocycles. The van der Waals surface area contributed by atoms with Crippen molar-refractivity contribution in [2.24, 2.45) is 0 Å². The quantitative estimate of drug-likeness (QED) is 0.571. The second-order valence-electron chi connectivity index (χ2n) is 5.18. The largest absolute Gasteiger partial charge is 0.456 e. The third-order valence-electron chi connectivity index (χ3n) is 3.53. The average molecular weight is 324 g/mol. The first-order chi connectivity index (χ1) is 11.6. The second kappa shape index (κ2) is 6.49. The number of nitrogens with two attached hydrogens (primary N) is 1. The van der Waals surface area contributed by atoms with Gasteiger partial charge in [0.05, 0.1) is 0 Å². The molecule has 122 valence electrons. The Morgan fingerprint density at radius 1 is 1.21 bits per heavy atom. The maximum atomic E-state index is 12.2. The normalized spacial score (nSPS) is 10.7. The number of carbonyl (C=O) groups excluding carboxylic acids is 2. The number of benzene rings is 1. The van der Waals surface area contributed by atoms with E-state index in [1.807, 2.05) is 30.3 Å². The van der Waals surface area contributed by atoms with Gasteiger partial charge >= 0.3 is 5.97 Å². The van der Waals surface area contributed by atoms with Crippen molar-refractivity contribution < 1.29 is 14.3 Å². The van der Waals surface area contributed by atoms with Crippen LogP contribution in [0.1, 0.15) is 39.8 Å². The molecule has 0 saturated carbocycles.